The lowest BCUT2D eigenvalue weighted by Gasteiger charge is -2.13. The van der Waals surface area contributed by atoms with E-state index < -0.39 is 5.82 Å². The van der Waals surface area contributed by atoms with Crippen LogP contribution in [0.1, 0.15) is 16.8 Å². The maximum Gasteiger partial charge on any atom is 0.156 e. The Morgan fingerprint density at radius 1 is 1.19 bits per heavy atom. The van der Waals surface area contributed by atoms with Gasteiger partial charge in [-0.3, -0.25) is 5.41 Å². The van der Waals surface area contributed by atoms with Crippen molar-refractivity contribution in [3.05, 3.63) is 81.5 Å². The zero-order chi connectivity index (χ0) is 19.4. The van der Waals surface area contributed by atoms with Crippen molar-refractivity contribution in [2.75, 3.05) is 12.4 Å². The third-order valence-electron chi connectivity index (χ3n) is 3.82. The van der Waals surface area contributed by atoms with Crippen LogP contribution >= 0.6 is 23.2 Å². The first-order chi connectivity index (χ1) is 13.0. The van der Waals surface area contributed by atoms with E-state index in [1.165, 1.54) is 18.3 Å². The Labute approximate surface area is 165 Å². The SMILES string of the molecule is COc1ccc(CNc2nc(Cl)cnc2C(=N)c2cccc(Cl)c2F)cc1. The summed E-state index contributed by atoms with van der Waals surface area (Å²) in [5, 5.41) is 11.6. The number of hydrogen-bond donors (Lipinski definition) is 2. The summed E-state index contributed by atoms with van der Waals surface area (Å²) in [6, 6.07) is 11.9. The van der Waals surface area contributed by atoms with E-state index in [0.717, 1.165) is 11.3 Å². The molecule has 3 aromatic rings. The second-order valence-corrected chi connectivity index (χ2v) is 6.36. The molecular formula is C19H15Cl2FN4O. The Morgan fingerprint density at radius 3 is 2.63 bits per heavy atom. The number of aromatic nitrogens is 2. The molecule has 0 amide bonds. The number of rotatable bonds is 6. The molecule has 5 nitrogen and oxygen atoms in total. The molecule has 0 unspecified atom stereocenters. The van der Waals surface area contributed by atoms with Crippen LogP contribution in [0.5, 0.6) is 5.75 Å². The molecule has 3 rings (SSSR count). The van der Waals surface area contributed by atoms with Crippen molar-refractivity contribution in [3.63, 3.8) is 0 Å². The highest BCUT2D eigenvalue weighted by atomic mass is 35.5. The first kappa shape index (κ1) is 19.1. The third kappa shape index (κ3) is 4.35. The van der Waals surface area contributed by atoms with Gasteiger partial charge in [-0.25, -0.2) is 14.4 Å². The fraction of sp³-hybridized carbons (Fsp3) is 0.105. The molecule has 0 aliphatic heterocycles. The van der Waals surface area contributed by atoms with Gasteiger partial charge < -0.3 is 10.1 Å². The molecule has 0 aliphatic rings. The highest BCUT2D eigenvalue weighted by Crippen LogP contribution is 2.23. The van der Waals surface area contributed by atoms with Crippen LogP contribution in [-0.2, 0) is 6.54 Å². The predicted molar refractivity (Wildman–Crippen MR) is 105 cm³/mol. The van der Waals surface area contributed by atoms with Gasteiger partial charge in [-0.2, -0.15) is 0 Å². The van der Waals surface area contributed by atoms with Crippen molar-refractivity contribution in [3.8, 4) is 5.75 Å². The van der Waals surface area contributed by atoms with Crippen LogP contribution in [0.15, 0.2) is 48.7 Å². The van der Waals surface area contributed by atoms with E-state index in [1.54, 1.807) is 13.2 Å². The first-order valence-electron chi connectivity index (χ1n) is 7.92. The van der Waals surface area contributed by atoms with Crippen molar-refractivity contribution in [2.45, 2.75) is 6.54 Å². The zero-order valence-electron chi connectivity index (χ0n) is 14.3. The molecule has 27 heavy (non-hydrogen) atoms. The van der Waals surface area contributed by atoms with Gasteiger partial charge in [0, 0.05) is 12.1 Å². The average Bonchev–Trinajstić information content (AvgIpc) is 2.68. The summed E-state index contributed by atoms with van der Waals surface area (Å²) >= 11 is 11.8. The van der Waals surface area contributed by atoms with E-state index in [9.17, 15) is 4.39 Å². The molecule has 2 aromatic carbocycles. The fourth-order valence-electron chi connectivity index (χ4n) is 2.43. The number of anilines is 1. The van der Waals surface area contributed by atoms with Crippen molar-refractivity contribution < 1.29 is 9.13 Å². The highest BCUT2D eigenvalue weighted by Gasteiger charge is 2.18. The summed E-state index contributed by atoms with van der Waals surface area (Å²) in [6.07, 6.45) is 1.31. The summed E-state index contributed by atoms with van der Waals surface area (Å²) in [6.45, 7) is 0.414. The van der Waals surface area contributed by atoms with Crippen LogP contribution in [0.4, 0.5) is 10.2 Å². The molecule has 0 aliphatic carbocycles. The number of hydrogen-bond acceptors (Lipinski definition) is 5. The van der Waals surface area contributed by atoms with Crippen molar-refractivity contribution >= 4 is 34.7 Å². The fourth-order valence-corrected chi connectivity index (χ4v) is 2.74. The average molecular weight is 405 g/mol. The predicted octanol–water partition coefficient (Wildman–Crippen LogP) is 4.96. The summed E-state index contributed by atoms with van der Waals surface area (Å²) in [5.74, 6) is 0.352. The van der Waals surface area contributed by atoms with Crippen molar-refractivity contribution in [2.24, 2.45) is 0 Å². The number of nitrogens with one attached hydrogen (secondary N) is 2. The van der Waals surface area contributed by atoms with Crippen LogP contribution in [-0.4, -0.2) is 22.8 Å². The van der Waals surface area contributed by atoms with E-state index in [-0.39, 0.29) is 33.0 Å². The van der Waals surface area contributed by atoms with E-state index in [0.29, 0.717) is 6.54 Å². The first-order valence-corrected chi connectivity index (χ1v) is 8.68. The van der Waals surface area contributed by atoms with Gasteiger partial charge >= 0.3 is 0 Å². The second kappa shape index (κ2) is 8.33. The van der Waals surface area contributed by atoms with Crippen LogP contribution in [0.25, 0.3) is 0 Å². The molecule has 2 N–H and O–H groups in total. The molecule has 0 radical (unpaired) electrons. The lowest BCUT2D eigenvalue weighted by Crippen LogP contribution is -2.13. The van der Waals surface area contributed by atoms with Crippen LogP contribution in [0, 0.1) is 11.2 Å². The topological polar surface area (TPSA) is 70.9 Å². The molecule has 138 valence electrons. The smallest absolute Gasteiger partial charge is 0.156 e. The van der Waals surface area contributed by atoms with Gasteiger partial charge in [0.1, 0.15) is 16.6 Å². The van der Waals surface area contributed by atoms with Crippen LogP contribution in [0.3, 0.4) is 0 Å². The van der Waals surface area contributed by atoms with Gasteiger partial charge in [0.15, 0.2) is 11.6 Å². The molecule has 0 atom stereocenters. The summed E-state index contributed by atoms with van der Waals surface area (Å²) in [7, 11) is 1.60. The Kier molecular flexibility index (Phi) is 5.88. The number of benzene rings is 2. The van der Waals surface area contributed by atoms with Crippen LogP contribution < -0.4 is 10.1 Å². The van der Waals surface area contributed by atoms with Crippen molar-refractivity contribution in [1.29, 1.82) is 5.41 Å². The molecule has 0 spiro atoms. The number of ether oxygens (including phenoxy) is 1. The minimum Gasteiger partial charge on any atom is -0.497 e. The molecule has 0 fully saturated rings. The Hall–Kier alpha value is -2.70. The number of nitrogens with zero attached hydrogens (tertiary/aromatic N) is 2. The van der Waals surface area contributed by atoms with E-state index in [4.69, 9.17) is 33.3 Å². The van der Waals surface area contributed by atoms with Crippen molar-refractivity contribution in [1.82, 2.24) is 9.97 Å². The number of methoxy groups -OCH3 is 1. The largest absolute Gasteiger partial charge is 0.497 e. The Bertz CT molecular complexity index is 980. The minimum atomic E-state index is -0.679. The molecule has 1 heterocycles. The molecule has 0 saturated heterocycles. The molecule has 1 aromatic heterocycles. The van der Waals surface area contributed by atoms with Gasteiger partial charge in [0.2, 0.25) is 0 Å². The molecular weight excluding hydrogens is 390 g/mol. The summed E-state index contributed by atoms with van der Waals surface area (Å²) < 4.78 is 19.4. The van der Waals surface area contributed by atoms with Crippen LogP contribution in [0.2, 0.25) is 10.2 Å². The second-order valence-electron chi connectivity index (χ2n) is 5.57. The Morgan fingerprint density at radius 2 is 1.93 bits per heavy atom. The van der Waals surface area contributed by atoms with E-state index in [1.807, 2.05) is 24.3 Å². The van der Waals surface area contributed by atoms with Gasteiger partial charge in [0.05, 0.1) is 24.0 Å². The maximum atomic E-state index is 14.3. The molecule has 0 bridgehead atoms. The lowest BCUT2D eigenvalue weighted by atomic mass is 10.1. The summed E-state index contributed by atoms with van der Waals surface area (Å²) in [5.41, 5.74) is 1.03. The molecule has 8 heteroatoms. The van der Waals surface area contributed by atoms with Gasteiger partial charge in [-0.05, 0) is 29.8 Å². The maximum absolute atomic E-state index is 14.3. The Balaban J connectivity index is 1.88. The van der Waals surface area contributed by atoms with E-state index >= 15 is 0 Å². The third-order valence-corrected chi connectivity index (χ3v) is 4.29. The summed E-state index contributed by atoms with van der Waals surface area (Å²) in [4.78, 5) is 8.35. The normalized spacial score (nSPS) is 10.5. The van der Waals surface area contributed by atoms with Gasteiger partial charge in [-0.15, -0.1) is 0 Å². The standard InChI is InChI=1S/C19H15Cl2FN4O/c1-27-12-7-5-11(6-8-12)9-25-19-18(24-10-15(21)26-19)17(23)13-3-2-4-14(20)16(13)22/h2-8,10,23H,9H2,1H3,(H,25,26). The zero-order valence-corrected chi connectivity index (χ0v) is 15.8. The minimum absolute atomic E-state index is 0.0339. The quantitative estimate of drug-likeness (QED) is 0.569. The monoisotopic (exact) mass is 404 g/mol. The highest BCUT2D eigenvalue weighted by molar-refractivity contribution is 6.31. The van der Waals surface area contributed by atoms with Gasteiger partial charge in [-0.1, -0.05) is 41.4 Å². The lowest BCUT2D eigenvalue weighted by molar-refractivity contribution is 0.414. The van der Waals surface area contributed by atoms with E-state index in [2.05, 4.69) is 15.3 Å². The van der Waals surface area contributed by atoms with Gasteiger partial charge in [0.25, 0.3) is 0 Å². The number of halogens is 3. The molecule has 0 saturated carbocycles.